The Labute approximate surface area is 65.7 Å². The Morgan fingerprint density at radius 1 is 1.20 bits per heavy atom. The van der Waals surface area contributed by atoms with E-state index in [4.69, 9.17) is 0 Å². The molecule has 2 heteroatoms. The average molecular weight is 157 g/mol. The van der Waals surface area contributed by atoms with Gasteiger partial charge in [0, 0.05) is 6.54 Å². The van der Waals surface area contributed by atoms with Gasteiger partial charge in [-0.1, -0.05) is 31.4 Å². The van der Waals surface area contributed by atoms with E-state index >= 15 is 0 Å². The lowest BCUT2D eigenvalue weighted by Crippen LogP contribution is -2.17. The molecule has 0 aromatic rings. The zero-order valence-electron chi connectivity index (χ0n) is 7.81. The third-order valence-corrected chi connectivity index (χ3v) is 2.32. The van der Waals surface area contributed by atoms with E-state index in [1.54, 1.807) is 0 Å². The van der Waals surface area contributed by atoms with Crippen molar-refractivity contribution < 1.29 is 0 Å². The Kier molecular flexibility index (Phi) is 3.90. The second-order valence-corrected chi connectivity index (χ2v) is 9.10. The molecule has 0 heterocycles. The molecule has 0 amide bonds. The lowest BCUT2D eigenvalue weighted by atomic mass is 10.6. The molecule has 1 nitrogen and oxygen atoms in total. The fourth-order valence-electron chi connectivity index (χ4n) is 0.617. The lowest BCUT2D eigenvalue weighted by Gasteiger charge is -2.10. The molecule has 0 rings (SSSR count). The van der Waals surface area contributed by atoms with E-state index in [2.05, 4.69) is 50.4 Å². The van der Waals surface area contributed by atoms with Crippen LogP contribution in [0.25, 0.3) is 0 Å². The first-order valence-electron chi connectivity index (χ1n) is 3.74. The zero-order valence-corrected chi connectivity index (χ0v) is 8.81. The van der Waals surface area contributed by atoms with Crippen LogP contribution in [0.3, 0.4) is 0 Å². The van der Waals surface area contributed by atoms with Gasteiger partial charge in [-0.3, -0.25) is 0 Å². The Hall–Kier alpha value is -0.0831. The SMILES string of the molecule is CN(C)C/C=C/[Si](C)(C)C. The van der Waals surface area contributed by atoms with Crippen LogP contribution in [0.4, 0.5) is 0 Å². The van der Waals surface area contributed by atoms with Crippen LogP contribution in [0, 0.1) is 0 Å². The molecule has 0 saturated heterocycles. The first-order valence-corrected chi connectivity index (χ1v) is 7.32. The number of hydrogen-bond acceptors (Lipinski definition) is 1. The second kappa shape index (κ2) is 3.94. The fourth-order valence-corrected chi connectivity index (χ4v) is 1.43. The molecule has 0 aromatic heterocycles. The molecule has 0 N–H and O–H groups in total. The van der Waals surface area contributed by atoms with E-state index in [0.717, 1.165) is 6.54 Å². The summed E-state index contributed by atoms with van der Waals surface area (Å²) in [5.74, 6) is 0. The van der Waals surface area contributed by atoms with Crippen molar-refractivity contribution in [2.24, 2.45) is 0 Å². The van der Waals surface area contributed by atoms with Gasteiger partial charge in [-0.25, -0.2) is 0 Å². The maximum absolute atomic E-state index is 2.38. The van der Waals surface area contributed by atoms with Crippen molar-refractivity contribution in [2.45, 2.75) is 19.6 Å². The lowest BCUT2D eigenvalue weighted by molar-refractivity contribution is 0.456. The largest absolute Gasteiger partial charge is 0.306 e. The summed E-state index contributed by atoms with van der Waals surface area (Å²) in [4.78, 5) is 2.18. The Morgan fingerprint density at radius 3 is 2.00 bits per heavy atom. The molecule has 0 fully saturated rings. The van der Waals surface area contributed by atoms with E-state index in [1.807, 2.05) is 0 Å². The molecule has 0 aliphatic heterocycles. The summed E-state index contributed by atoms with van der Waals surface area (Å²) in [5, 5.41) is 0. The van der Waals surface area contributed by atoms with Crippen LogP contribution in [-0.2, 0) is 0 Å². The van der Waals surface area contributed by atoms with Gasteiger partial charge in [0.05, 0.1) is 8.07 Å². The van der Waals surface area contributed by atoms with Crippen molar-refractivity contribution in [3.63, 3.8) is 0 Å². The Balaban J connectivity index is 3.57. The second-order valence-electron chi connectivity index (χ2n) is 4.03. The Bertz CT molecular complexity index is 111. The maximum atomic E-state index is 2.38. The van der Waals surface area contributed by atoms with E-state index in [1.165, 1.54) is 0 Å². The monoisotopic (exact) mass is 157 g/mol. The summed E-state index contributed by atoms with van der Waals surface area (Å²) >= 11 is 0. The van der Waals surface area contributed by atoms with Crippen molar-refractivity contribution >= 4 is 8.07 Å². The highest BCUT2D eigenvalue weighted by Gasteiger charge is 2.05. The highest BCUT2D eigenvalue weighted by atomic mass is 28.3. The molecule has 0 aromatic carbocycles. The van der Waals surface area contributed by atoms with Crippen molar-refractivity contribution in [3.8, 4) is 0 Å². The van der Waals surface area contributed by atoms with Gasteiger partial charge >= 0.3 is 0 Å². The molecule has 0 unspecified atom stereocenters. The van der Waals surface area contributed by atoms with Crippen LogP contribution < -0.4 is 0 Å². The molecular formula is C8H19NSi. The molecular weight excluding hydrogens is 138 g/mol. The van der Waals surface area contributed by atoms with E-state index < -0.39 is 8.07 Å². The van der Waals surface area contributed by atoms with Crippen molar-refractivity contribution in [1.82, 2.24) is 4.90 Å². The third kappa shape index (κ3) is 7.92. The molecule has 60 valence electrons. The number of hydrogen-bond donors (Lipinski definition) is 0. The molecule has 0 aliphatic rings. The van der Waals surface area contributed by atoms with Gasteiger partial charge in [0.15, 0.2) is 0 Å². The highest BCUT2D eigenvalue weighted by Crippen LogP contribution is 2.01. The minimum Gasteiger partial charge on any atom is -0.306 e. The van der Waals surface area contributed by atoms with Crippen molar-refractivity contribution in [3.05, 3.63) is 11.8 Å². The van der Waals surface area contributed by atoms with Crippen LogP contribution in [0.1, 0.15) is 0 Å². The van der Waals surface area contributed by atoms with E-state index in [-0.39, 0.29) is 0 Å². The van der Waals surface area contributed by atoms with Crippen LogP contribution >= 0.6 is 0 Å². The quantitative estimate of drug-likeness (QED) is 0.566. The predicted octanol–water partition coefficient (Wildman–Crippen LogP) is 1.98. The maximum Gasteiger partial charge on any atom is 0.0683 e. The number of likely N-dealkylation sites (N-methyl/N-ethyl adjacent to an activating group) is 1. The van der Waals surface area contributed by atoms with E-state index in [9.17, 15) is 0 Å². The molecule has 0 spiro atoms. The summed E-state index contributed by atoms with van der Waals surface area (Å²) in [6, 6.07) is 0. The first kappa shape index (κ1) is 9.92. The van der Waals surface area contributed by atoms with Gasteiger partial charge in [0.25, 0.3) is 0 Å². The van der Waals surface area contributed by atoms with Crippen LogP contribution in [0.15, 0.2) is 11.8 Å². The normalized spacial score (nSPS) is 13.4. The van der Waals surface area contributed by atoms with Gasteiger partial charge in [0.2, 0.25) is 0 Å². The van der Waals surface area contributed by atoms with Gasteiger partial charge in [-0.15, -0.1) is 0 Å². The van der Waals surface area contributed by atoms with Crippen molar-refractivity contribution in [1.29, 1.82) is 0 Å². The third-order valence-electron chi connectivity index (χ3n) is 1.09. The minimum absolute atomic E-state index is 0.931. The molecule has 0 bridgehead atoms. The zero-order chi connectivity index (χ0) is 8.20. The standard InChI is InChI=1S/C8H19NSi/c1-9(2)7-6-8-10(3,4)5/h6,8H,7H2,1-5H3/b8-6+. The number of rotatable bonds is 3. The smallest absolute Gasteiger partial charge is 0.0683 e. The molecule has 0 aliphatic carbocycles. The minimum atomic E-state index is -0.931. The number of nitrogens with zero attached hydrogens (tertiary/aromatic N) is 1. The van der Waals surface area contributed by atoms with Gasteiger partial charge in [0.1, 0.15) is 0 Å². The van der Waals surface area contributed by atoms with Crippen LogP contribution in [-0.4, -0.2) is 33.6 Å². The molecule has 0 radical (unpaired) electrons. The highest BCUT2D eigenvalue weighted by molar-refractivity contribution is 6.80. The van der Waals surface area contributed by atoms with E-state index in [0.29, 0.717) is 0 Å². The predicted molar refractivity (Wildman–Crippen MR) is 51.0 cm³/mol. The summed E-state index contributed by atoms with van der Waals surface area (Å²) < 4.78 is 0. The molecule has 0 saturated carbocycles. The van der Waals surface area contributed by atoms with Crippen molar-refractivity contribution in [2.75, 3.05) is 20.6 Å². The summed E-state index contributed by atoms with van der Waals surface area (Å²) in [6.07, 6.45) is 2.27. The van der Waals surface area contributed by atoms with Gasteiger partial charge < -0.3 is 4.90 Å². The average Bonchev–Trinajstić information content (AvgIpc) is 1.59. The topological polar surface area (TPSA) is 3.24 Å². The van der Waals surface area contributed by atoms with Gasteiger partial charge in [-0.2, -0.15) is 0 Å². The first-order chi connectivity index (χ1) is 4.42. The van der Waals surface area contributed by atoms with Gasteiger partial charge in [-0.05, 0) is 14.1 Å². The Morgan fingerprint density at radius 2 is 1.70 bits per heavy atom. The van der Waals surface area contributed by atoms with Crippen LogP contribution in [0.5, 0.6) is 0 Å². The summed E-state index contributed by atoms with van der Waals surface area (Å²) in [7, 11) is 3.25. The van der Waals surface area contributed by atoms with Crippen LogP contribution in [0.2, 0.25) is 19.6 Å². The summed E-state index contributed by atoms with van der Waals surface area (Å²) in [6.45, 7) is 8.11. The summed E-state index contributed by atoms with van der Waals surface area (Å²) in [5.41, 5.74) is 2.38. The molecule has 10 heavy (non-hydrogen) atoms. The fraction of sp³-hybridized carbons (Fsp3) is 0.750. The molecule has 0 atom stereocenters.